The number of rotatable bonds is 68. The van der Waals surface area contributed by atoms with Gasteiger partial charge in [-0.05, 0) is 122 Å². The van der Waals surface area contributed by atoms with Gasteiger partial charge in [0.15, 0.2) is 12.2 Å². The van der Waals surface area contributed by atoms with Crippen LogP contribution in [0.3, 0.4) is 0 Å². The van der Waals surface area contributed by atoms with Gasteiger partial charge < -0.3 is 33.8 Å². The number of carbonyl (C=O) groups excluding carboxylic acids is 4. The van der Waals surface area contributed by atoms with E-state index in [9.17, 15) is 43.2 Å². The number of aliphatic hydroxyl groups is 1. The normalized spacial score (nSPS) is 14.7. The molecule has 19 heteroatoms. The van der Waals surface area contributed by atoms with Crippen molar-refractivity contribution in [1.82, 2.24) is 0 Å². The summed E-state index contributed by atoms with van der Waals surface area (Å²) in [4.78, 5) is 72.7. The summed E-state index contributed by atoms with van der Waals surface area (Å²) in [5.74, 6) is -2.28. The summed E-state index contributed by atoms with van der Waals surface area (Å²) < 4.78 is 68.3. The number of phosphoric ester groups is 2. The second-order valence-corrected chi connectivity index (χ2v) is 27.0. The first kappa shape index (κ1) is 91.5. The largest absolute Gasteiger partial charge is 0.472 e. The maximum Gasteiger partial charge on any atom is 0.472 e. The van der Waals surface area contributed by atoms with Gasteiger partial charge in [-0.25, -0.2) is 9.13 Å². The first-order valence-electron chi connectivity index (χ1n) is 36.8. The highest BCUT2D eigenvalue weighted by Crippen LogP contribution is 2.45. The van der Waals surface area contributed by atoms with Crippen molar-refractivity contribution in [1.29, 1.82) is 0 Å². The summed E-state index contributed by atoms with van der Waals surface area (Å²) in [5.41, 5.74) is 0. The molecule has 5 atom stereocenters. The van der Waals surface area contributed by atoms with E-state index < -0.39 is 97.5 Å². The zero-order valence-electron chi connectivity index (χ0n) is 59.8. The van der Waals surface area contributed by atoms with Crippen molar-refractivity contribution in [2.45, 2.75) is 303 Å². The third kappa shape index (κ3) is 68.0. The maximum atomic E-state index is 13.1. The van der Waals surface area contributed by atoms with Crippen LogP contribution >= 0.6 is 15.6 Å². The third-order valence-corrected chi connectivity index (χ3v) is 16.8. The van der Waals surface area contributed by atoms with E-state index in [0.29, 0.717) is 32.1 Å². The Hall–Kier alpha value is -4.54. The molecule has 3 N–H and O–H groups in total. The van der Waals surface area contributed by atoms with Crippen LogP contribution in [0.25, 0.3) is 0 Å². The second-order valence-electron chi connectivity index (χ2n) is 24.1. The fourth-order valence-electron chi connectivity index (χ4n) is 9.37. The molecule has 0 saturated carbocycles. The molecule has 5 unspecified atom stereocenters. The summed E-state index contributed by atoms with van der Waals surface area (Å²) in [6, 6.07) is 0. The molecule has 0 bridgehead atoms. The highest BCUT2D eigenvalue weighted by Gasteiger charge is 2.30. The molecule has 96 heavy (non-hydrogen) atoms. The Morgan fingerprint density at radius 3 is 0.917 bits per heavy atom. The van der Waals surface area contributed by atoms with Crippen LogP contribution in [0.5, 0.6) is 0 Å². The van der Waals surface area contributed by atoms with Gasteiger partial charge in [-0.2, -0.15) is 0 Å². The molecule has 0 rings (SSSR count). The molecular weight excluding hydrogens is 1260 g/mol. The average molecular weight is 1390 g/mol. The number of phosphoric acid groups is 2. The molecule has 0 aliphatic rings. The first-order chi connectivity index (χ1) is 46.7. The van der Waals surface area contributed by atoms with Gasteiger partial charge in [-0.3, -0.25) is 37.3 Å². The van der Waals surface area contributed by atoms with Crippen molar-refractivity contribution in [2.75, 3.05) is 39.6 Å². The van der Waals surface area contributed by atoms with E-state index in [1.165, 1.54) is 38.5 Å². The minimum atomic E-state index is -4.99. The Morgan fingerprint density at radius 1 is 0.302 bits per heavy atom. The quantitative estimate of drug-likeness (QED) is 0.0169. The van der Waals surface area contributed by atoms with E-state index in [1.54, 1.807) is 0 Å². The molecule has 0 aromatic heterocycles. The molecule has 0 aliphatic carbocycles. The molecular formula is C77H130O17P2. The number of esters is 4. The molecule has 0 heterocycles. The van der Waals surface area contributed by atoms with E-state index >= 15 is 0 Å². The molecule has 0 spiro atoms. The Balaban J connectivity index is 5.40. The van der Waals surface area contributed by atoms with Crippen LogP contribution in [0.15, 0.2) is 122 Å². The highest BCUT2D eigenvalue weighted by molar-refractivity contribution is 7.47. The number of hydrogen-bond acceptors (Lipinski definition) is 15. The highest BCUT2D eigenvalue weighted by atomic mass is 31.2. The van der Waals surface area contributed by atoms with Crippen molar-refractivity contribution in [3.05, 3.63) is 122 Å². The van der Waals surface area contributed by atoms with Crippen molar-refractivity contribution in [3.63, 3.8) is 0 Å². The smallest absolute Gasteiger partial charge is 0.462 e. The number of hydrogen-bond donors (Lipinski definition) is 3. The van der Waals surface area contributed by atoms with E-state index in [4.69, 9.17) is 37.0 Å². The zero-order valence-corrected chi connectivity index (χ0v) is 61.5. The summed E-state index contributed by atoms with van der Waals surface area (Å²) in [6.45, 7) is 4.46. The topological polar surface area (TPSA) is 237 Å². The Labute approximate surface area is 581 Å². The van der Waals surface area contributed by atoms with Gasteiger partial charge in [-0.1, -0.05) is 258 Å². The lowest BCUT2D eigenvalue weighted by molar-refractivity contribution is -0.161. The molecule has 0 aliphatic heterocycles. The van der Waals surface area contributed by atoms with Gasteiger partial charge in [0, 0.05) is 25.7 Å². The fourth-order valence-corrected chi connectivity index (χ4v) is 10.9. The molecule has 0 radical (unpaired) electrons. The van der Waals surface area contributed by atoms with Crippen LogP contribution in [0.1, 0.15) is 285 Å². The Bertz CT molecular complexity index is 2300. The van der Waals surface area contributed by atoms with Crippen LogP contribution in [0, 0.1) is 0 Å². The van der Waals surface area contributed by atoms with Crippen LogP contribution < -0.4 is 0 Å². The van der Waals surface area contributed by atoms with Crippen LogP contribution in [0.4, 0.5) is 0 Å². The summed E-state index contributed by atoms with van der Waals surface area (Å²) in [5, 5.41) is 10.6. The summed E-state index contributed by atoms with van der Waals surface area (Å²) >= 11 is 0. The molecule has 0 aromatic rings. The van der Waals surface area contributed by atoms with Crippen LogP contribution in [0.2, 0.25) is 0 Å². The van der Waals surface area contributed by atoms with E-state index in [-0.39, 0.29) is 25.7 Å². The molecule has 17 nitrogen and oxygen atoms in total. The Kier molecular flexibility index (Phi) is 65.7. The number of carbonyl (C=O) groups is 4. The Morgan fingerprint density at radius 2 is 0.573 bits per heavy atom. The second kappa shape index (κ2) is 69.0. The van der Waals surface area contributed by atoms with Gasteiger partial charge in [0.1, 0.15) is 19.3 Å². The predicted molar refractivity (Wildman–Crippen MR) is 390 cm³/mol. The fraction of sp³-hybridized carbons (Fsp3) is 0.688. The lowest BCUT2D eigenvalue weighted by atomic mass is 10.1. The predicted octanol–water partition coefficient (Wildman–Crippen LogP) is 20.8. The number of ether oxygens (including phenoxy) is 4. The van der Waals surface area contributed by atoms with Crippen LogP contribution in [-0.4, -0.2) is 96.7 Å². The van der Waals surface area contributed by atoms with Gasteiger partial charge in [-0.15, -0.1) is 0 Å². The van der Waals surface area contributed by atoms with E-state index in [2.05, 4.69) is 137 Å². The van der Waals surface area contributed by atoms with Gasteiger partial charge in [0.05, 0.1) is 26.4 Å². The van der Waals surface area contributed by atoms with E-state index in [0.717, 1.165) is 161 Å². The first-order valence-corrected chi connectivity index (χ1v) is 39.8. The SMILES string of the molecule is CC/C=C\C/C=C\C/C=C\C/C=C\C/C=C\CCCC(=O)OCC(COP(=O)(O)OCC(O)COP(=O)(O)OCC(COC(=O)CCCCCCC/C=C\C/C=C\CCC)OC(=O)CCCCCCCCCCCCC)OC(=O)CCCCCCC/C=C\C/C=C\C/C=C\CC. The van der Waals surface area contributed by atoms with Crippen LogP contribution in [-0.2, 0) is 65.4 Å². The van der Waals surface area contributed by atoms with Crippen molar-refractivity contribution in [2.24, 2.45) is 0 Å². The molecule has 0 saturated heterocycles. The monoisotopic (exact) mass is 1390 g/mol. The minimum absolute atomic E-state index is 0.0607. The van der Waals surface area contributed by atoms with E-state index in [1.807, 2.05) is 12.2 Å². The number of allylic oxidation sites excluding steroid dienone is 20. The standard InChI is InChI=1S/C77H130O17P2/c1-5-9-13-17-21-25-29-32-34-35-37-39-43-46-50-54-58-62-75(80)88-68-73(94-77(82)64-60-56-52-48-44-40-36-33-30-26-22-18-14-10-6-2)70-92-96(85,86)90-66-71(78)65-89-95(83,84)91-69-72(93-76(81)63-59-55-51-47-41-28-24-20-16-12-8-4)67-87-74(79)61-57-53-49-45-42-38-31-27-23-19-15-11-7-3/h9-10,13-15,19,21-22,25-27,31-34,36-37,39,46,50,71-73,78H,5-8,11-12,16-18,20,23-24,28-30,35,38,40-45,47-49,51-70H2,1-4H3,(H,83,84)(H,85,86)/b13-9-,14-10-,19-15-,25-21-,26-22-,31-27-,34-32-,36-33-,39-37-,50-46-. The molecule has 0 fully saturated rings. The van der Waals surface area contributed by atoms with Gasteiger partial charge in [0.25, 0.3) is 0 Å². The molecule has 550 valence electrons. The van der Waals surface area contributed by atoms with Crippen molar-refractivity contribution in [3.8, 4) is 0 Å². The van der Waals surface area contributed by atoms with Crippen molar-refractivity contribution >= 4 is 39.5 Å². The van der Waals surface area contributed by atoms with Gasteiger partial charge >= 0.3 is 39.5 Å². The number of unbranched alkanes of at least 4 members (excludes halogenated alkanes) is 22. The average Bonchev–Trinajstić information content (AvgIpc) is 2.18. The zero-order chi connectivity index (χ0) is 70.4. The summed E-state index contributed by atoms with van der Waals surface area (Å²) in [7, 11) is -9.97. The summed E-state index contributed by atoms with van der Waals surface area (Å²) in [6.07, 6.45) is 73.5. The lowest BCUT2D eigenvalue weighted by Gasteiger charge is -2.21. The minimum Gasteiger partial charge on any atom is -0.462 e. The lowest BCUT2D eigenvalue weighted by Crippen LogP contribution is -2.30. The maximum absolute atomic E-state index is 13.1. The van der Waals surface area contributed by atoms with Gasteiger partial charge in [0.2, 0.25) is 0 Å². The van der Waals surface area contributed by atoms with Crippen molar-refractivity contribution < 1.29 is 80.2 Å². The molecule has 0 aromatic carbocycles. The number of aliphatic hydroxyl groups excluding tert-OH is 1. The third-order valence-electron chi connectivity index (χ3n) is 14.9. The molecule has 0 amide bonds.